The maximum Gasteiger partial charge on any atom is 0.407 e. The molecular weight excluding hydrogens is 344 g/mol. The smallest absolute Gasteiger partial charge is 0.407 e. The zero-order chi connectivity index (χ0) is 19.4. The second-order valence-corrected chi connectivity index (χ2v) is 7.88. The summed E-state index contributed by atoms with van der Waals surface area (Å²) in [6.07, 6.45) is 1.70. The van der Waals surface area contributed by atoms with Crippen LogP contribution in [0.15, 0.2) is 24.3 Å². The van der Waals surface area contributed by atoms with Crippen molar-refractivity contribution in [2.24, 2.45) is 5.92 Å². The van der Waals surface area contributed by atoms with Gasteiger partial charge in [0.1, 0.15) is 5.60 Å². The summed E-state index contributed by atoms with van der Waals surface area (Å²) in [5, 5.41) is 2.88. The van der Waals surface area contributed by atoms with Crippen molar-refractivity contribution in [1.82, 2.24) is 15.3 Å². The Labute approximate surface area is 160 Å². The summed E-state index contributed by atoms with van der Waals surface area (Å²) >= 11 is 0. The molecule has 1 aromatic carbocycles. The lowest BCUT2D eigenvalue weighted by atomic mass is 9.98. The molecule has 1 atom stereocenters. The molecule has 0 aliphatic carbocycles. The van der Waals surface area contributed by atoms with Crippen LogP contribution in [-0.4, -0.2) is 48.4 Å². The largest absolute Gasteiger partial charge is 0.478 e. The summed E-state index contributed by atoms with van der Waals surface area (Å²) in [6.45, 7) is 7.85. The molecule has 1 aliphatic rings. The lowest BCUT2D eigenvalue weighted by molar-refractivity contribution is 0.0517. The van der Waals surface area contributed by atoms with Crippen LogP contribution in [0, 0.1) is 5.92 Å². The van der Waals surface area contributed by atoms with Gasteiger partial charge in [-0.3, -0.25) is 0 Å². The zero-order valence-corrected chi connectivity index (χ0v) is 16.5. The number of fused-ring (bicyclic) bond motifs is 1. The van der Waals surface area contributed by atoms with Gasteiger partial charge < -0.3 is 19.7 Å². The Morgan fingerprint density at radius 3 is 2.63 bits per heavy atom. The molecule has 7 heteroatoms. The van der Waals surface area contributed by atoms with Crippen molar-refractivity contribution >= 4 is 22.9 Å². The van der Waals surface area contributed by atoms with Crippen LogP contribution in [0.4, 0.5) is 10.6 Å². The molecule has 7 nitrogen and oxygen atoms in total. The predicted octanol–water partition coefficient (Wildman–Crippen LogP) is 3.38. The van der Waals surface area contributed by atoms with Crippen LogP contribution in [0.5, 0.6) is 5.88 Å². The Bertz CT molecular complexity index is 803. The highest BCUT2D eigenvalue weighted by Crippen LogP contribution is 2.30. The molecule has 0 radical (unpaired) electrons. The topological polar surface area (TPSA) is 76.6 Å². The van der Waals surface area contributed by atoms with Crippen molar-refractivity contribution in [3.05, 3.63) is 24.3 Å². The van der Waals surface area contributed by atoms with Gasteiger partial charge >= 0.3 is 6.09 Å². The van der Waals surface area contributed by atoms with Gasteiger partial charge in [0, 0.05) is 19.6 Å². The van der Waals surface area contributed by atoms with Gasteiger partial charge in [-0.15, -0.1) is 0 Å². The second-order valence-electron chi connectivity index (χ2n) is 7.88. The number of carbonyl (C=O) groups excluding carboxylic acids is 1. The molecule has 0 spiro atoms. The van der Waals surface area contributed by atoms with Crippen LogP contribution in [0.2, 0.25) is 0 Å². The van der Waals surface area contributed by atoms with E-state index in [4.69, 9.17) is 14.5 Å². The number of amides is 1. The Balaban J connectivity index is 1.69. The van der Waals surface area contributed by atoms with Crippen LogP contribution < -0.4 is 15.0 Å². The molecule has 2 heterocycles. The number of alkyl carbamates (subject to hydrolysis) is 1. The van der Waals surface area contributed by atoms with Gasteiger partial charge in [-0.25, -0.2) is 14.8 Å². The molecule has 1 unspecified atom stereocenters. The van der Waals surface area contributed by atoms with E-state index in [1.54, 1.807) is 7.11 Å². The molecule has 1 fully saturated rings. The monoisotopic (exact) mass is 372 g/mol. The van der Waals surface area contributed by atoms with E-state index >= 15 is 0 Å². The van der Waals surface area contributed by atoms with Gasteiger partial charge in [0.2, 0.25) is 0 Å². The van der Waals surface area contributed by atoms with E-state index in [0.29, 0.717) is 18.3 Å². The zero-order valence-electron chi connectivity index (χ0n) is 16.5. The number of hydrogen-bond acceptors (Lipinski definition) is 6. The van der Waals surface area contributed by atoms with Gasteiger partial charge in [0.05, 0.1) is 18.1 Å². The van der Waals surface area contributed by atoms with Crippen LogP contribution in [0.1, 0.15) is 33.6 Å². The lowest BCUT2D eigenvalue weighted by Gasteiger charge is -2.34. The summed E-state index contributed by atoms with van der Waals surface area (Å²) < 4.78 is 10.8. The number of carbonyl (C=O) groups is 1. The number of hydrogen-bond donors (Lipinski definition) is 1. The minimum Gasteiger partial charge on any atom is -0.478 e. The standard InChI is InChI=1S/C20H28N4O3/c1-20(2,3)27-19(25)21-12-14-8-7-11-24(13-14)17-18(26-4)23-16-10-6-5-9-15(16)22-17/h5-6,9-10,14H,7-8,11-13H2,1-4H3,(H,21,25). The van der Waals surface area contributed by atoms with Crippen LogP contribution in [0.25, 0.3) is 11.0 Å². The van der Waals surface area contributed by atoms with Gasteiger partial charge in [-0.05, 0) is 51.7 Å². The average Bonchev–Trinajstić information content (AvgIpc) is 2.64. The Morgan fingerprint density at radius 2 is 1.96 bits per heavy atom. The molecule has 0 saturated carbocycles. The third-order valence-electron chi connectivity index (χ3n) is 4.47. The van der Waals surface area contributed by atoms with E-state index < -0.39 is 5.60 Å². The SMILES string of the molecule is COc1nc2ccccc2nc1N1CCCC(CNC(=O)OC(C)(C)C)C1. The predicted molar refractivity (Wildman–Crippen MR) is 105 cm³/mol. The number of nitrogens with one attached hydrogen (secondary N) is 1. The highest BCUT2D eigenvalue weighted by Gasteiger charge is 2.25. The number of benzene rings is 1. The Kier molecular flexibility index (Phi) is 5.68. The fourth-order valence-corrected chi connectivity index (χ4v) is 3.28. The summed E-state index contributed by atoms with van der Waals surface area (Å²) in [7, 11) is 1.62. The lowest BCUT2D eigenvalue weighted by Crippen LogP contribution is -2.42. The van der Waals surface area contributed by atoms with Crippen molar-refractivity contribution in [3.63, 3.8) is 0 Å². The number of para-hydroxylation sites is 2. The molecule has 27 heavy (non-hydrogen) atoms. The molecule has 2 aromatic rings. The molecule has 1 N–H and O–H groups in total. The molecule has 1 saturated heterocycles. The van der Waals surface area contributed by atoms with E-state index in [2.05, 4.69) is 15.2 Å². The maximum absolute atomic E-state index is 11.9. The quantitative estimate of drug-likeness (QED) is 0.887. The van der Waals surface area contributed by atoms with Crippen LogP contribution in [0.3, 0.4) is 0 Å². The van der Waals surface area contributed by atoms with Gasteiger partial charge in [-0.1, -0.05) is 12.1 Å². The number of methoxy groups -OCH3 is 1. The number of anilines is 1. The van der Waals surface area contributed by atoms with Gasteiger partial charge in [0.25, 0.3) is 5.88 Å². The number of aromatic nitrogens is 2. The second kappa shape index (κ2) is 7.98. The molecule has 1 amide bonds. The maximum atomic E-state index is 11.9. The van der Waals surface area contributed by atoms with E-state index in [1.165, 1.54) is 0 Å². The van der Waals surface area contributed by atoms with E-state index in [9.17, 15) is 4.79 Å². The summed E-state index contributed by atoms with van der Waals surface area (Å²) in [5.74, 6) is 1.62. The van der Waals surface area contributed by atoms with Crippen LogP contribution in [-0.2, 0) is 4.74 Å². The van der Waals surface area contributed by atoms with Crippen molar-refractivity contribution in [2.75, 3.05) is 31.6 Å². The summed E-state index contributed by atoms with van der Waals surface area (Å²) in [6, 6.07) is 7.78. The number of rotatable bonds is 4. The first-order valence-electron chi connectivity index (χ1n) is 9.38. The van der Waals surface area contributed by atoms with Crippen molar-refractivity contribution in [2.45, 2.75) is 39.2 Å². The highest BCUT2D eigenvalue weighted by atomic mass is 16.6. The summed E-state index contributed by atoms with van der Waals surface area (Å²) in [4.78, 5) is 23.5. The number of nitrogens with zero attached hydrogens (tertiary/aromatic N) is 3. The normalized spacial score (nSPS) is 17.6. The number of piperidine rings is 1. The molecule has 3 rings (SSSR count). The molecule has 0 bridgehead atoms. The van der Waals surface area contributed by atoms with E-state index in [0.717, 1.165) is 42.8 Å². The van der Waals surface area contributed by atoms with Crippen LogP contribution >= 0.6 is 0 Å². The molecule has 146 valence electrons. The minimum absolute atomic E-state index is 0.323. The minimum atomic E-state index is -0.489. The molecular formula is C20H28N4O3. The first-order chi connectivity index (χ1) is 12.9. The first-order valence-corrected chi connectivity index (χ1v) is 9.38. The molecule has 1 aromatic heterocycles. The fourth-order valence-electron chi connectivity index (χ4n) is 3.28. The fraction of sp³-hybridized carbons (Fsp3) is 0.550. The Morgan fingerprint density at radius 1 is 1.26 bits per heavy atom. The van der Waals surface area contributed by atoms with Crippen molar-refractivity contribution < 1.29 is 14.3 Å². The Hall–Kier alpha value is -2.57. The third kappa shape index (κ3) is 4.99. The van der Waals surface area contributed by atoms with E-state index in [1.807, 2.05) is 45.0 Å². The highest BCUT2D eigenvalue weighted by molar-refractivity contribution is 5.77. The van der Waals surface area contributed by atoms with Crippen molar-refractivity contribution in [1.29, 1.82) is 0 Å². The molecule has 1 aliphatic heterocycles. The van der Waals surface area contributed by atoms with Gasteiger partial charge in [0.15, 0.2) is 5.82 Å². The average molecular weight is 372 g/mol. The number of ether oxygens (including phenoxy) is 2. The summed E-state index contributed by atoms with van der Waals surface area (Å²) in [5.41, 5.74) is 1.18. The third-order valence-corrected chi connectivity index (χ3v) is 4.47. The van der Waals surface area contributed by atoms with E-state index in [-0.39, 0.29) is 6.09 Å². The first kappa shape index (κ1) is 19.2. The van der Waals surface area contributed by atoms with Crippen molar-refractivity contribution in [3.8, 4) is 5.88 Å². The van der Waals surface area contributed by atoms with Gasteiger partial charge in [-0.2, -0.15) is 0 Å².